The molecule has 2 rings (SSSR count). The Hall–Kier alpha value is -2.90. The number of hydrogen-bond acceptors (Lipinski definition) is 6. The average molecular weight is 348 g/mol. The standard InChI is InChI=1S/C17H20N2O6/c1-2-24-13-5-3-12(4-6-13)14(20)7-8-16(22)25-11-15(21)19-10-9-18-17(19)23/h3-6H,2,7-11H2,1H3,(H,18,23). The van der Waals surface area contributed by atoms with Gasteiger partial charge in [0.2, 0.25) is 0 Å². The van der Waals surface area contributed by atoms with Crippen molar-refractivity contribution in [1.82, 2.24) is 10.2 Å². The molecule has 1 aliphatic rings. The lowest BCUT2D eigenvalue weighted by Gasteiger charge is -2.12. The number of esters is 1. The number of nitrogens with zero attached hydrogens (tertiary/aromatic N) is 1. The zero-order valence-electron chi connectivity index (χ0n) is 13.9. The molecule has 0 spiro atoms. The summed E-state index contributed by atoms with van der Waals surface area (Å²) in [6.07, 6.45) is -0.156. The quantitative estimate of drug-likeness (QED) is 0.558. The van der Waals surface area contributed by atoms with Crippen molar-refractivity contribution in [3.8, 4) is 5.75 Å². The molecule has 8 heteroatoms. The molecular weight excluding hydrogens is 328 g/mol. The fraction of sp³-hybridized carbons (Fsp3) is 0.412. The highest BCUT2D eigenvalue weighted by molar-refractivity contribution is 5.98. The molecule has 25 heavy (non-hydrogen) atoms. The number of benzene rings is 1. The number of urea groups is 1. The Kier molecular flexibility index (Phi) is 6.50. The first-order valence-electron chi connectivity index (χ1n) is 8.01. The summed E-state index contributed by atoms with van der Waals surface area (Å²) in [5.74, 6) is -0.776. The van der Waals surface area contributed by atoms with Gasteiger partial charge in [-0.3, -0.25) is 19.3 Å². The molecule has 0 aliphatic carbocycles. The maximum Gasteiger partial charge on any atom is 0.324 e. The van der Waals surface area contributed by atoms with E-state index in [9.17, 15) is 19.2 Å². The largest absolute Gasteiger partial charge is 0.494 e. The summed E-state index contributed by atoms with van der Waals surface area (Å²) in [5.41, 5.74) is 0.473. The number of ether oxygens (including phenoxy) is 2. The molecule has 1 heterocycles. The number of amides is 3. The zero-order valence-corrected chi connectivity index (χ0v) is 13.9. The van der Waals surface area contributed by atoms with Crippen LogP contribution < -0.4 is 10.1 Å². The van der Waals surface area contributed by atoms with E-state index in [0.717, 1.165) is 4.90 Å². The Morgan fingerprint density at radius 1 is 1.16 bits per heavy atom. The lowest BCUT2D eigenvalue weighted by molar-refractivity contribution is -0.150. The highest BCUT2D eigenvalue weighted by atomic mass is 16.5. The van der Waals surface area contributed by atoms with Crippen molar-refractivity contribution in [1.29, 1.82) is 0 Å². The van der Waals surface area contributed by atoms with Crippen LogP contribution in [0.15, 0.2) is 24.3 Å². The van der Waals surface area contributed by atoms with Gasteiger partial charge in [-0.15, -0.1) is 0 Å². The lowest BCUT2D eigenvalue weighted by Crippen LogP contribution is -2.37. The summed E-state index contributed by atoms with van der Waals surface area (Å²) in [6, 6.07) is 6.15. The number of Topliss-reactive ketones (excluding diaryl/α,β-unsaturated/α-hetero) is 1. The van der Waals surface area contributed by atoms with E-state index in [1.165, 1.54) is 0 Å². The van der Waals surface area contributed by atoms with Gasteiger partial charge in [0.05, 0.1) is 13.0 Å². The Labute approximate surface area is 145 Å². The molecule has 0 saturated carbocycles. The number of nitrogens with one attached hydrogen (secondary N) is 1. The summed E-state index contributed by atoms with van der Waals surface area (Å²) in [7, 11) is 0. The van der Waals surface area contributed by atoms with E-state index >= 15 is 0 Å². The van der Waals surface area contributed by atoms with Gasteiger partial charge >= 0.3 is 12.0 Å². The number of imide groups is 1. The van der Waals surface area contributed by atoms with Crippen LogP contribution in [0.4, 0.5) is 4.79 Å². The fourth-order valence-corrected chi connectivity index (χ4v) is 2.27. The molecular formula is C17H20N2O6. The van der Waals surface area contributed by atoms with Gasteiger partial charge in [-0.2, -0.15) is 0 Å². The fourth-order valence-electron chi connectivity index (χ4n) is 2.27. The Morgan fingerprint density at radius 3 is 2.48 bits per heavy atom. The molecule has 8 nitrogen and oxygen atoms in total. The number of carbonyl (C=O) groups is 4. The van der Waals surface area contributed by atoms with Gasteiger partial charge in [0.15, 0.2) is 12.4 Å². The van der Waals surface area contributed by atoms with Crippen molar-refractivity contribution in [2.75, 3.05) is 26.3 Å². The molecule has 1 aromatic rings. The van der Waals surface area contributed by atoms with Gasteiger partial charge in [-0.1, -0.05) is 0 Å². The smallest absolute Gasteiger partial charge is 0.324 e. The Morgan fingerprint density at radius 2 is 1.88 bits per heavy atom. The maximum absolute atomic E-state index is 12.0. The van der Waals surface area contributed by atoms with Gasteiger partial charge in [-0.05, 0) is 31.2 Å². The minimum atomic E-state index is -0.660. The van der Waals surface area contributed by atoms with Crippen LogP contribution in [-0.2, 0) is 14.3 Å². The van der Waals surface area contributed by atoms with Crippen LogP contribution in [0.2, 0.25) is 0 Å². The van der Waals surface area contributed by atoms with Crippen LogP contribution >= 0.6 is 0 Å². The van der Waals surface area contributed by atoms with Crippen LogP contribution in [0.3, 0.4) is 0 Å². The molecule has 1 aromatic carbocycles. The highest BCUT2D eigenvalue weighted by Crippen LogP contribution is 2.14. The van der Waals surface area contributed by atoms with E-state index in [0.29, 0.717) is 24.5 Å². The first kappa shape index (κ1) is 18.4. The van der Waals surface area contributed by atoms with Crippen LogP contribution in [-0.4, -0.2) is 54.9 Å². The third-order valence-electron chi connectivity index (χ3n) is 3.56. The molecule has 0 radical (unpaired) electrons. The van der Waals surface area contributed by atoms with Crippen molar-refractivity contribution in [3.63, 3.8) is 0 Å². The van der Waals surface area contributed by atoms with Crippen molar-refractivity contribution in [2.24, 2.45) is 0 Å². The van der Waals surface area contributed by atoms with E-state index < -0.39 is 24.5 Å². The number of hydrogen-bond donors (Lipinski definition) is 1. The number of ketones is 1. The van der Waals surface area contributed by atoms with E-state index in [1.807, 2.05) is 6.92 Å². The number of carbonyl (C=O) groups excluding carboxylic acids is 4. The highest BCUT2D eigenvalue weighted by Gasteiger charge is 2.26. The molecule has 1 aliphatic heterocycles. The second-order valence-electron chi connectivity index (χ2n) is 5.32. The molecule has 1 N–H and O–H groups in total. The van der Waals surface area contributed by atoms with Gasteiger partial charge in [0.25, 0.3) is 5.91 Å². The molecule has 134 valence electrons. The third-order valence-corrected chi connectivity index (χ3v) is 3.56. The summed E-state index contributed by atoms with van der Waals surface area (Å²) < 4.78 is 10.1. The van der Waals surface area contributed by atoms with Gasteiger partial charge in [-0.25, -0.2) is 4.79 Å². The first-order chi connectivity index (χ1) is 12.0. The summed E-state index contributed by atoms with van der Waals surface area (Å²) in [5, 5.41) is 2.48. The van der Waals surface area contributed by atoms with E-state index in [2.05, 4.69) is 5.32 Å². The molecule has 0 aromatic heterocycles. The van der Waals surface area contributed by atoms with Gasteiger partial charge in [0, 0.05) is 25.1 Å². The van der Waals surface area contributed by atoms with Crippen LogP contribution in [0, 0.1) is 0 Å². The van der Waals surface area contributed by atoms with Crippen molar-refractivity contribution in [2.45, 2.75) is 19.8 Å². The minimum absolute atomic E-state index is 0.0226. The van der Waals surface area contributed by atoms with Crippen LogP contribution in [0.5, 0.6) is 5.75 Å². The third kappa shape index (κ3) is 5.30. The Bertz CT molecular complexity index is 656. The van der Waals surface area contributed by atoms with Gasteiger partial charge in [0.1, 0.15) is 5.75 Å². The van der Waals surface area contributed by atoms with Gasteiger partial charge < -0.3 is 14.8 Å². The second-order valence-corrected chi connectivity index (χ2v) is 5.32. The molecule has 0 unspecified atom stereocenters. The predicted molar refractivity (Wildman–Crippen MR) is 87.2 cm³/mol. The predicted octanol–water partition coefficient (Wildman–Crippen LogP) is 1.14. The van der Waals surface area contributed by atoms with Crippen LogP contribution in [0.1, 0.15) is 30.1 Å². The summed E-state index contributed by atoms with van der Waals surface area (Å²) in [6.45, 7) is 2.53. The van der Waals surface area contributed by atoms with E-state index in [-0.39, 0.29) is 25.2 Å². The van der Waals surface area contributed by atoms with Crippen molar-refractivity contribution in [3.05, 3.63) is 29.8 Å². The summed E-state index contributed by atoms with van der Waals surface area (Å²) >= 11 is 0. The second kappa shape index (κ2) is 8.81. The lowest BCUT2D eigenvalue weighted by atomic mass is 10.1. The maximum atomic E-state index is 12.0. The van der Waals surface area contributed by atoms with Crippen molar-refractivity contribution < 1.29 is 28.7 Å². The normalized spacial score (nSPS) is 13.3. The zero-order chi connectivity index (χ0) is 18.2. The monoisotopic (exact) mass is 348 g/mol. The van der Waals surface area contributed by atoms with Crippen LogP contribution in [0.25, 0.3) is 0 Å². The molecule has 1 saturated heterocycles. The first-order valence-corrected chi connectivity index (χ1v) is 8.01. The minimum Gasteiger partial charge on any atom is -0.494 e. The topological polar surface area (TPSA) is 102 Å². The Balaban J connectivity index is 1.72. The molecule has 0 atom stereocenters. The average Bonchev–Trinajstić information content (AvgIpc) is 3.04. The SMILES string of the molecule is CCOc1ccc(C(=O)CCC(=O)OCC(=O)N2CCNC2=O)cc1. The van der Waals surface area contributed by atoms with Crippen molar-refractivity contribution >= 4 is 23.7 Å². The molecule has 1 fully saturated rings. The number of rotatable bonds is 8. The van der Waals surface area contributed by atoms with E-state index in [4.69, 9.17) is 9.47 Å². The molecule has 3 amide bonds. The summed E-state index contributed by atoms with van der Waals surface area (Å²) in [4.78, 5) is 47.7. The molecule has 0 bridgehead atoms. The van der Waals surface area contributed by atoms with E-state index in [1.54, 1.807) is 24.3 Å².